The molecule has 1 fully saturated rings. The van der Waals surface area contributed by atoms with Crippen LogP contribution >= 0.6 is 12.4 Å². The number of nitrogens with zero attached hydrogens (tertiary/aromatic N) is 2. The molecule has 0 aromatic heterocycles. The van der Waals surface area contributed by atoms with E-state index >= 15 is 0 Å². The fourth-order valence-electron chi connectivity index (χ4n) is 4.18. The van der Waals surface area contributed by atoms with Gasteiger partial charge < -0.3 is 4.90 Å². The van der Waals surface area contributed by atoms with Gasteiger partial charge in [0.15, 0.2) is 0 Å². The Morgan fingerprint density at radius 3 is 2.27 bits per heavy atom. The van der Waals surface area contributed by atoms with Crippen molar-refractivity contribution in [3.05, 3.63) is 70.8 Å². The SMILES string of the molecule is Cc1cccc(C(=O)N2CCC(CN3Cc4ccccc4C3)CC2)c1.Cl. The number of hydrogen-bond acceptors (Lipinski definition) is 2. The molecule has 4 heteroatoms. The quantitative estimate of drug-likeness (QED) is 0.804. The lowest BCUT2D eigenvalue weighted by Gasteiger charge is -2.34. The molecule has 2 aromatic rings. The van der Waals surface area contributed by atoms with Gasteiger partial charge in [-0.2, -0.15) is 0 Å². The van der Waals surface area contributed by atoms with E-state index < -0.39 is 0 Å². The van der Waals surface area contributed by atoms with Crippen molar-refractivity contribution in [2.45, 2.75) is 32.9 Å². The summed E-state index contributed by atoms with van der Waals surface area (Å²) in [5.74, 6) is 0.895. The Hall–Kier alpha value is -1.84. The van der Waals surface area contributed by atoms with Gasteiger partial charge in [-0.15, -0.1) is 12.4 Å². The van der Waals surface area contributed by atoms with Crippen molar-refractivity contribution in [2.75, 3.05) is 19.6 Å². The molecule has 0 N–H and O–H groups in total. The molecule has 2 aromatic carbocycles. The van der Waals surface area contributed by atoms with Crippen LogP contribution in [0.1, 0.15) is 39.9 Å². The minimum absolute atomic E-state index is 0. The zero-order valence-electron chi connectivity index (χ0n) is 15.4. The summed E-state index contributed by atoms with van der Waals surface area (Å²) in [6.07, 6.45) is 2.23. The molecule has 2 aliphatic rings. The largest absolute Gasteiger partial charge is 0.339 e. The summed E-state index contributed by atoms with van der Waals surface area (Å²) in [6, 6.07) is 16.7. The van der Waals surface area contributed by atoms with E-state index in [0.717, 1.165) is 56.7 Å². The van der Waals surface area contributed by atoms with Crippen molar-refractivity contribution < 1.29 is 4.79 Å². The van der Waals surface area contributed by atoms with Crippen LogP contribution in [0.15, 0.2) is 48.5 Å². The van der Waals surface area contributed by atoms with E-state index in [4.69, 9.17) is 0 Å². The molecule has 4 rings (SSSR count). The predicted molar refractivity (Wildman–Crippen MR) is 108 cm³/mol. The summed E-state index contributed by atoms with van der Waals surface area (Å²) in [4.78, 5) is 17.3. The molecule has 26 heavy (non-hydrogen) atoms. The Labute approximate surface area is 162 Å². The summed E-state index contributed by atoms with van der Waals surface area (Å²) in [6.45, 7) is 7.13. The van der Waals surface area contributed by atoms with E-state index in [1.165, 1.54) is 11.1 Å². The van der Waals surface area contributed by atoms with Gasteiger partial charge in [0.25, 0.3) is 5.91 Å². The van der Waals surface area contributed by atoms with Crippen molar-refractivity contribution in [2.24, 2.45) is 5.92 Å². The first kappa shape index (κ1) is 18.9. The molecule has 2 aliphatic heterocycles. The molecule has 138 valence electrons. The summed E-state index contributed by atoms with van der Waals surface area (Å²) in [5, 5.41) is 0. The lowest BCUT2D eigenvalue weighted by atomic mass is 9.95. The monoisotopic (exact) mass is 370 g/mol. The molecule has 2 heterocycles. The van der Waals surface area contributed by atoms with Crippen molar-refractivity contribution >= 4 is 18.3 Å². The number of aryl methyl sites for hydroxylation is 1. The molecule has 0 spiro atoms. The first-order chi connectivity index (χ1) is 12.2. The molecule has 1 amide bonds. The number of piperidine rings is 1. The molecule has 0 unspecified atom stereocenters. The summed E-state index contributed by atoms with van der Waals surface area (Å²) < 4.78 is 0. The maximum Gasteiger partial charge on any atom is 0.253 e. The molecule has 0 bridgehead atoms. The van der Waals surface area contributed by atoms with Crippen LogP contribution in [0.3, 0.4) is 0 Å². The molecule has 1 saturated heterocycles. The summed E-state index contributed by atoms with van der Waals surface area (Å²) >= 11 is 0. The number of rotatable bonds is 3. The van der Waals surface area contributed by atoms with E-state index in [2.05, 4.69) is 29.2 Å². The number of benzene rings is 2. The fourth-order valence-corrected chi connectivity index (χ4v) is 4.18. The van der Waals surface area contributed by atoms with Crippen molar-refractivity contribution in [1.29, 1.82) is 0 Å². The van der Waals surface area contributed by atoms with Gasteiger partial charge in [-0.05, 0) is 48.9 Å². The van der Waals surface area contributed by atoms with Gasteiger partial charge in [-0.25, -0.2) is 0 Å². The molecular weight excluding hydrogens is 344 g/mol. The lowest BCUT2D eigenvalue weighted by molar-refractivity contribution is 0.0666. The van der Waals surface area contributed by atoms with Gasteiger partial charge in [-0.3, -0.25) is 9.69 Å². The van der Waals surface area contributed by atoms with Crippen LogP contribution in [0, 0.1) is 12.8 Å². The average molecular weight is 371 g/mol. The first-order valence-corrected chi connectivity index (χ1v) is 9.34. The number of carbonyl (C=O) groups is 1. The minimum atomic E-state index is 0. The predicted octanol–water partition coefficient (Wildman–Crippen LogP) is 4.28. The van der Waals surface area contributed by atoms with Gasteiger partial charge in [-0.1, -0.05) is 42.0 Å². The van der Waals surface area contributed by atoms with E-state index in [9.17, 15) is 4.79 Å². The first-order valence-electron chi connectivity index (χ1n) is 9.34. The van der Waals surface area contributed by atoms with Crippen LogP contribution in [0.25, 0.3) is 0 Å². The van der Waals surface area contributed by atoms with Crippen LogP contribution in [0.5, 0.6) is 0 Å². The van der Waals surface area contributed by atoms with Gasteiger partial charge in [0.1, 0.15) is 0 Å². The highest BCUT2D eigenvalue weighted by atomic mass is 35.5. The average Bonchev–Trinajstić information content (AvgIpc) is 3.04. The second-order valence-corrected chi connectivity index (χ2v) is 7.54. The van der Waals surface area contributed by atoms with Gasteiger partial charge >= 0.3 is 0 Å². The number of halogens is 1. The van der Waals surface area contributed by atoms with Gasteiger partial charge in [0.2, 0.25) is 0 Å². The Balaban J connectivity index is 0.00000196. The maximum atomic E-state index is 12.7. The van der Waals surface area contributed by atoms with E-state index in [-0.39, 0.29) is 18.3 Å². The minimum Gasteiger partial charge on any atom is -0.339 e. The van der Waals surface area contributed by atoms with Crippen LogP contribution in [-0.2, 0) is 13.1 Å². The molecular formula is C22H27ClN2O. The number of likely N-dealkylation sites (tertiary alicyclic amines) is 1. The highest BCUT2D eigenvalue weighted by molar-refractivity contribution is 5.94. The van der Waals surface area contributed by atoms with Crippen molar-refractivity contribution in [3.63, 3.8) is 0 Å². The number of hydrogen-bond donors (Lipinski definition) is 0. The molecule has 0 atom stereocenters. The van der Waals surface area contributed by atoms with E-state index in [0.29, 0.717) is 5.92 Å². The smallest absolute Gasteiger partial charge is 0.253 e. The van der Waals surface area contributed by atoms with Crippen LogP contribution in [0.2, 0.25) is 0 Å². The number of fused-ring (bicyclic) bond motifs is 1. The maximum absolute atomic E-state index is 12.7. The number of carbonyl (C=O) groups excluding carboxylic acids is 1. The second kappa shape index (κ2) is 8.24. The Bertz CT molecular complexity index is 743. The zero-order chi connectivity index (χ0) is 17.2. The molecule has 0 saturated carbocycles. The Morgan fingerprint density at radius 1 is 1.00 bits per heavy atom. The lowest BCUT2D eigenvalue weighted by Crippen LogP contribution is -2.41. The number of amides is 1. The highest BCUT2D eigenvalue weighted by Gasteiger charge is 2.27. The van der Waals surface area contributed by atoms with Crippen molar-refractivity contribution in [1.82, 2.24) is 9.80 Å². The third kappa shape index (κ3) is 4.11. The second-order valence-electron chi connectivity index (χ2n) is 7.54. The fraction of sp³-hybridized carbons (Fsp3) is 0.409. The molecule has 3 nitrogen and oxygen atoms in total. The third-order valence-electron chi connectivity index (χ3n) is 5.59. The van der Waals surface area contributed by atoms with Gasteiger partial charge in [0, 0.05) is 38.3 Å². The summed E-state index contributed by atoms with van der Waals surface area (Å²) in [5.41, 5.74) is 4.94. The van der Waals surface area contributed by atoms with Crippen LogP contribution in [-0.4, -0.2) is 35.3 Å². The van der Waals surface area contributed by atoms with Crippen LogP contribution in [0.4, 0.5) is 0 Å². The molecule has 0 radical (unpaired) electrons. The normalized spacial score (nSPS) is 17.7. The Kier molecular flexibility index (Phi) is 6.00. The van der Waals surface area contributed by atoms with E-state index in [1.54, 1.807) is 0 Å². The Morgan fingerprint density at radius 2 is 1.65 bits per heavy atom. The van der Waals surface area contributed by atoms with E-state index in [1.807, 2.05) is 36.1 Å². The zero-order valence-corrected chi connectivity index (χ0v) is 16.2. The standard InChI is InChI=1S/C22H26N2O.ClH/c1-17-5-4-8-19(13-17)22(25)24-11-9-18(10-12-24)14-23-15-20-6-2-3-7-21(20)16-23;/h2-8,13,18H,9-12,14-16H2,1H3;1H. The van der Waals surface area contributed by atoms with Crippen LogP contribution < -0.4 is 0 Å². The highest BCUT2D eigenvalue weighted by Crippen LogP contribution is 2.26. The summed E-state index contributed by atoms with van der Waals surface area (Å²) in [7, 11) is 0. The van der Waals surface area contributed by atoms with Crippen molar-refractivity contribution in [3.8, 4) is 0 Å². The third-order valence-corrected chi connectivity index (χ3v) is 5.59. The van der Waals surface area contributed by atoms with Gasteiger partial charge in [0.05, 0.1) is 0 Å². The molecule has 0 aliphatic carbocycles. The topological polar surface area (TPSA) is 23.6 Å².